The maximum Gasteiger partial charge on any atom is 0.269 e. The lowest BCUT2D eigenvalue weighted by Gasteiger charge is -2.18. The second kappa shape index (κ2) is 12.2. The predicted octanol–water partition coefficient (Wildman–Crippen LogP) is 5.56. The lowest BCUT2D eigenvalue weighted by atomic mass is 9.91. The van der Waals surface area contributed by atoms with Crippen LogP contribution in [-0.4, -0.2) is 59.6 Å². The summed E-state index contributed by atoms with van der Waals surface area (Å²) < 4.78 is 16.9. The van der Waals surface area contributed by atoms with Gasteiger partial charge >= 0.3 is 0 Å². The van der Waals surface area contributed by atoms with Gasteiger partial charge in [-0.3, -0.25) is 29.0 Å². The number of halogens is 1. The van der Waals surface area contributed by atoms with Crippen LogP contribution in [-0.2, 0) is 17.9 Å². The van der Waals surface area contributed by atoms with Gasteiger partial charge in [0, 0.05) is 42.3 Å². The number of aliphatic imine (C=N–C) groups is 1. The number of carbonyl (C=O) groups is 3. The third-order valence-corrected chi connectivity index (χ3v) is 8.18. The minimum Gasteiger partial charge on any atom is -0.347 e. The molecule has 238 valence electrons. The number of imide groups is 1. The number of nitrogens with one attached hydrogen (secondary N) is 2. The monoisotopic (exact) mass is 632 g/mol. The summed E-state index contributed by atoms with van der Waals surface area (Å²) in [6, 6.07) is 13.3. The Morgan fingerprint density at radius 3 is 2.43 bits per heavy atom. The Morgan fingerprint density at radius 2 is 1.74 bits per heavy atom. The quantitative estimate of drug-likeness (QED) is 0.124. The van der Waals surface area contributed by atoms with Crippen molar-refractivity contribution in [3.05, 3.63) is 102 Å². The molecular weight excluding hydrogens is 599 g/mol. The first-order valence-electron chi connectivity index (χ1n) is 15.0. The summed E-state index contributed by atoms with van der Waals surface area (Å²) in [7, 11) is 0. The van der Waals surface area contributed by atoms with Gasteiger partial charge in [0.25, 0.3) is 17.7 Å². The van der Waals surface area contributed by atoms with E-state index in [2.05, 4.69) is 36.9 Å². The summed E-state index contributed by atoms with van der Waals surface area (Å²) in [5.74, 6) is -1.07. The van der Waals surface area contributed by atoms with Crippen molar-refractivity contribution >= 4 is 34.6 Å². The van der Waals surface area contributed by atoms with E-state index in [1.807, 2.05) is 27.7 Å². The van der Waals surface area contributed by atoms with Gasteiger partial charge in [0.1, 0.15) is 17.3 Å². The van der Waals surface area contributed by atoms with Crippen molar-refractivity contribution in [2.24, 2.45) is 10.4 Å². The number of nitrogens with zero attached hydrogens (tertiary/aromatic N) is 6. The number of fused-ring (bicyclic) bond motifs is 2. The Hall–Kier alpha value is -5.78. The van der Waals surface area contributed by atoms with Gasteiger partial charge < -0.3 is 10.3 Å². The predicted molar refractivity (Wildman–Crippen MR) is 176 cm³/mol. The summed E-state index contributed by atoms with van der Waals surface area (Å²) in [5.41, 5.74) is 4.80. The molecule has 6 rings (SSSR count). The first-order chi connectivity index (χ1) is 22.4. The fourth-order valence-electron chi connectivity index (χ4n) is 5.10. The van der Waals surface area contributed by atoms with Gasteiger partial charge in [-0.25, -0.2) is 14.4 Å². The van der Waals surface area contributed by atoms with Crippen LogP contribution in [0.15, 0.2) is 84.4 Å². The van der Waals surface area contributed by atoms with Crippen LogP contribution in [0.5, 0.6) is 0 Å². The lowest BCUT2D eigenvalue weighted by molar-refractivity contribution is -0.117. The number of imidazole rings is 1. The van der Waals surface area contributed by atoms with Crippen LogP contribution in [0, 0.1) is 11.2 Å². The Labute approximate surface area is 270 Å². The number of benzene rings is 2. The summed E-state index contributed by atoms with van der Waals surface area (Å²) in [5, 5.41) is 7.07. The van der Waals surface area contributed by atoms with Crippen molar-refractivity contribution in [2.75, 3.05) is 6.54 Å². The van der Waals surface area contributed by atoms with E-state index in [1.54, 1.807) is 65.7 Å². The molecule has 0 bridgehead atoms. The van der Waals surface area contributed by atoms with Crippen LogP contribution < -0.4 is 5.32 Å². The van der Waals surface area contributed by atoms with Crippen molar-refractivity contribution in [3.8, 4) is 22.5 Å². The Morgan fingerprint density at radius 1 is 1.02 bits per heavy atom. The number of H-pyrrole nitrogens is 1. The highest BCUT2D eigenvalue weighted by atomic mass is 19.1. The topological polar surface area (TPSA) is 138 Å². The molecule has 0 saturated carbocycles. The number of amides is 3. The van der Waals surface area contributed by atoms with Crippen molar-refractivity contribution < 1.29 is 18.8 Å². The smallest absolute Gasteiger partial charge is 0.269 e. The summed E-state index contributed by atoms with van der Waals surface area (Å²) in [6.45, 7) is 12.0. The van der Waals surface area contributed by atoms with Crippen LogP contribution in [0.4, 0.5) is 4.39 Å². The Kier molecular flexibility index (Phi) is 8.10. The minimum atomic E-state index is -0.480. The first-order valence-corrected chi connectivity index (χ1v) is 15.0. The largest absolute Gasteiger partial charge is 0.347 e. The fraction of sp³-hybridized carbons (Fsp3) is 0.229. The van der Waals surface area contributed by atoms with Crippen LogP contribution in [0.25, 0.3) is 33.7 Å². The zero-order valence-corrected chi connectivity index (χ0v) is 26.5. The zero-order valence-electron chi connectivity index (χ0n) is 26.5. The van der Waals surface area contributed by atoms with Crippen molar-refractivity contribution in [1.82, 2.24) is 34.9 Å². The normalized spacial score (nSPS) is 13.4. The van der Waals surface area contributed by atoms with E-state index in [-0.39, 0.29) is 36.0 Å². The molecule has 2 N–H and O–H groups in total. The van der Waals surface area contributed by atoms with E-state index in [0.29, 0.717) is 56.9 Å². The van der Waals surface area contributed by atoms with E-state index >= 15 is 4.39 Å². The lowest BCUT2D eigenvalue weighted by Crippen LogP contribution is -2.33. The van der Waals surface area contributed by atoms with Gasteiger partial charge in [0.15, 0.2) is 5.65 Å². The highest BCUT2D eigenvalue weighted by Crippen LogP contribution is 2.30. The molecule has 2 aromatic carbocycles. The number of aromatic amines is 1. The molecule has 0 saturated heterocycles. The van der Waals surface area contributed by atoms with E-state index < -0.39 is 11.7 Å². The molecule has 0 atom stereocenters. The Bertz CT molecular complexity index is 2070. The Balaban J connectivity index is 1.14. The second-order valence-electron chi connectivity index (χ2n) is 12.3. The van der Waals surface area contributed by atoms with Crippen molar-refractivity contribution in [3.63, 3.8) is 0 Å². The molecule has 3 amide bonds. The SMILES string of the molecule is C=C(N=C(C)C(C)(C)C)C(=O)NCc1ccc(-c2ccnc3nc(-c4cnn(CCN5C(=O)c6ccccc6C5=O)c4)[nH]c23)cc1F. The second-order valence-corrected chi connectivity index (χ2v) is 12.3. The summed E-state index contributed by atoms with van der Waals surface area (Å²) in [4.78, 5) is 55.7. The molecule has 0 radical (unpaired) electrons. The van der Waals surface area contributed by atoms with Crippen LogP contribution in [0.3, 0.4) is 0 Å². The van der Waals surface area contributed by atoms with Gasteiger partial charge in [-0.1, -0.05) is 51.6 Å². The van der Waals surface area contributed by atoms with Gasteiger partial charge in [0.2, 0.25) is 0 Å². The molecule has 1 aliphatic rings. The van der Waals surface area contributed by atoms with Crippen LogP contribution in [0.1, 0.15) is 54.0 Å². The number of hydrogen-bond donors (Lipinski definition) is 2. The van der Waals surface area contributed by atoms with Gasteiger partial charge in [-0.2, -0.15) is 5.10 Å². The van der Waals surface area contributed by atoms with E-state index in [0.717, 1.165) is 5.71 Å². The van der Waals surface area contributed by atoms with Gasteiger partial charge in [0.05, 0.1) is 34.9 Å². The summed E-state index contributed by atoms with van der Waals surface area (Å²) >= 11 is 0. The molecule has 47 heavy (non-hydrogen) atoms. The number of hydrogen-bond acceptors (Lipinski definition) is 7. The molecular formula is C35H33FN8O3. The summed E-state index contributed by atoms with van der Waals surface area (Å²) in [6.07, 6.45) is 5.00. The maximum absolute atomic E-state index is 15.2. The highest BCUT2D eigenvalue weighted by Gasteiger charge is 2.34. The number of pyridine rings is 1. The number of aromatic nitrogens is 5. The molecule has 5 aromatic rings. The molecule has 11 nitrogen and oxygen atoms in total. The molecule has 12 heteroatoms. The van der Waals surface area contributed by atoms with E-state index in [9.17, 15) is 14.4 Å². The maximum atomic E-state index is 15.2. The van der Waals surface area contributed by atoms with Gasteiger partial charge in [-0.15, -0.1) is 0 Å². The van der Waals surface area contributed by atoms with Crippen LogP contribution >= 0.6 is 0 Å². The molecule has 0 fully saturated rings. The number of carbonyl (C=O) groups excluding carboxylic acids is 3. The molecule has 0 aliphatic carbocycles. The third kappa shape index (κ3) is 6.22. The average Bonchev–Trinajstić information content (AvgIpc) is 3.75. The highest BCUT2D eigenvalue weighted by molar-refractivity contribution is 6.21. The number of rotatable bonds is 9. The van der Waals surface area contributed by atoms with E-state index in [4.69, 9.17) is 0 Å². The molecule has 4 heterocycles. The molecule has 0 unspecified atom stereocenters. The molecule has 0 spiro atoms. The molecule has 1 aliphatic heterocycles. The fourth-order valence-corrected chi connectivity index (χ4v) is 5.10. The minimum absolute atomic E-state index is 0.0228. The van der Waals surface area contributed by atoms with Crippen molar-refractivity contribution in [2.45, 2.75) is 40.8 Å². The van der Waals surface area contributed by atoms with Gasteiger partial charge in [-0.05, 0) is 42.2 Å². The zero-order chi connectivity index (χ0) is 33.5. The first kappa shape index (κ1) is 31.2. The molecule has 3 aromatic heterocycles. The average molecular weight is 633 g/mol. The van der Waals surface area contributed by atoms with Crippen LogP contribution in [0.2, 0.25) is 0 Å². The van der Waals surface area contributed by atoms with Crippen molar-refractivity contribution in [1.29, 1.82) is 0 Å². The standard InChI is InChI=1S/C35H33FN8O3/c1-20(40-21(2)35(3,4)5)32(45)38-17-23-11-10-22(16-28(23)36)25-12-13-37-31-29(25)41-30(42-31)24-18-39-43(19-24)14-15-44-33(46)26-8-6-7-9-27(26)34(44)47/h6-13,16,18-19H,1,14-15,17H2,2-5H3,(H,38,45)(H,37,41,42). The third-order valence-electron chi connectivity index (χ3n) is 8.18. The van der Waals surface area contributed by atoms with E-state index in [1.165, 1.54) is 11.0 Å².